The lowest BCUT2D eigenvalue weighted by Crippen LogP contribution is -2.26. The molecule has 0 radical (unpaired) electrons. The zero-order valence-electron chi connectivity index (χ0n) is 14.6. The van der Waals surface area contributed by atoms with Gasteiger partial charge in [-0.05, 0) is 38.1 Å². The van der Waals surface area contributed by atoms with Crippen molar-refractivity contribution in [2.24, 2.45) is 0 Å². The summed E-state index contributed by atoms with van der Waals surface area (Å²) < 4.78 is 31.0. The molecule has 136 valence electrons. The molecule has 0 unspecified atom stereocenters. The van der Waals surface area contributed by atoms with E-state index in [0.29, 0.717) is 23.0 Å². The molecule has 0 saturated heterocycles. The van der Waals surface area contributed by atoms with Crippen molar-refractivity contribution >= 4 is 21.6 Å². The molecule has 0 aliphatic rings. The average molecular weight is 366 g/mol. The van der Waals surface area contributed by atoms with E-state index in [0.717, 1.165) is 0 Å². The molecule has 9 heteroatoms. The van der Waals surface area contributed by atoms with E-state index in [9.17, 15) is 13.2 Å². The summed E-state index contributed by atoms with van der Waals surface area (Å²) in [5.41, 5.74) is 0.805. The molecule has 2 N–H and O–H groups in total. The molecule has 8 nitrogen and oxygen atoms in total. The molecule has 0 spiro atoms. The van der Waals surface area contributed by atoms with Crippen LogP contribution in [0.25, 0.3) is 0 Å². The van der Waals surface area contributed by atoms with Crippen molar-refractivity contribution in [1.29, 1.82) is 0 Å². The van der Waals surface area contributed by atoms with E-state index in [1.165, 1.54) is 12.1 Å². The number of nitrogens with one attached hydrogen (secondary N) is 2. The number of rotatable bonds is 7. The standard InChI is InChI=1S/C16H22N4O4S/c1-5-25(22,23)20-13-8-6-12(7-9-13)14(21)17-11(4)16-19-18-15(24-16)10(2)3/h6-11,20H,5H2,1-4H3,(H,17,21)/t11-/m1/s1. The predicted molar refractivity (Wildman–Crippen MR) is 93.8 cm³/mol. The summed E-state index contributed by atoms with van der Waals surface area (Å²) in [6, 6.07) is 5.73. The molecule has 1 amide bonds. The minimum absolute atomic E-state index is 0.0186. The van der Waals surface area contributed by atoms with E-state index in [1.807, 2.05) is 13.8 Å². The highest BCUT2D eigenvalue weighted by atomic mass is 32.2. The maximum Gasteiger partial charge on any atom is 0.251 e. The molecule has 25 heavy (non-hydrogen) atoms. The van der Waals surface area contributed by atoms with Gasteiger partial charge >= 0.3 is 0 Å². The Hall–Kier alpha value is -2.42. The second-order valence-corrected chi connectivity index (χ2v) is 7.92. The van der Waals surface area contributed by atoms with Crippen LogP contribution in [0.1, 0.15) is 61.8 Å². The highest BCUT2D eigenvalue weighted by Crippen LogP contribution is 2.17. The van der Waals surface area contributed by atoms with E-state index in [2.05, 4.69) is 20.2 Å². The van der Waals surface area contributed by atoms with Crippen LogP contribution in [0.15, 0.2) is 28.7 Å². The van der Waals surface area contributed by atoms with Crippen molar-refractivity contribution in [3.63, 3.8) is 0 Å². The minimum atomic E-state index is -3.34. The number of carbonyl (C=O) groups excluding carboxylic acids is 1. The summed E-state index contributed by atoms with van der Waals surface area (Å²) in [6.45, 7) is 7.18. The molecule has 0 bridgehead atoms. The Balaban J connectivity index is 2.02. The molecular formula is C16H22N4O4S. The first-order valence-corrected chi connectivity index (χ1v) is 9.61. The van der Waals surface area contributed by atoms with Crippen molar-refractivity contribution in [2.75, 3.05) is 10.5 Å². The average Bonchev–Trinajstić information content (AvgIpc) is 3.05. The number of benzene rings is 1. The third-order valence-corrected chi connectivity index (χ3v) is 4.78. The van der Waals surface area contributed by atoms with Gasteiger partial charge in [0.25, 0.3) is 5.91 Å². The van der Waals surface area contributed by atoms with Gasteiger partial charge in [0.2, 0.25) is 21.8 Å². The smallest absolute Gasteiger partial charge is 0.251 e. The first-order valence-electron chi connectivity index (χ1n) is 7.96. The second-order valence-electron chi connectivity index (χ2n) is 5.91. The lowest BCUT2D eigenvalue weighted by Gasteiger charge is -2.11. The Bertz CT molecular complexity index is 828. The largest absolute Gasteiger partial charge is 0.423 e. The summed E-state index contributed by atoms with van der Waals surface area (Å²) in [4.78, 5) is 12.3. The van der Waals surface area contributed by atoms with Gasteiger partial charge in [-0.1, -0.05) is 13.8 Å². The quantitative estimate of drug-likeness (QED) is 0.778. The normalized spacial score (nSPS) is 12.8. The van der Waals surface area contributed by atoms with Gasteiger partial charge in [-0.3, -0.25) is 9.52 Å². The molecule has 2 rings (SSSR count). The summed E-state index contributed by atoms with van der Waals surface area (Å²) >= 11 is 0. The van der Waals surface area contributed by atoms with Crippen molar-refractivity contribution < 1.29 is 17.6 Å². The van der Waals surface area contributed by atoms with Crippen molar-refractivity contribution in [3.8, 4) is 0 Å². The van der Waals surface area contributed by atoms with Crippen LogP contribution in [-0.2, 0) is 10.0 Å². The molecule has 1 atom stereocenters. The summed E-state index contributed by atoms with van der Waals surface area (Å²) in [6.07, 6.45) is 0. The first-order chi connectivity index (χ1) is 11.7. The Morgan fingerprint density at radius 1 is 1.12 bits per heavy atom. The molecule has 1 aromatic heterocycles. The first kappa shape index (κ1) is 18.9. The number of sulfonamides is 1. The molecule has 2 aromatic rings. The van der Waals surface area contributed by atoms with Crippen LogP contribution in [0.5, 0.6) is 0 Å². The highest BCUT2D eigenvalue weighted by molar-refractivity contribution is 7.92. The van der Waals surface area contributed by atoms with Crippen LogP contribution >= 0.6 is 0 Å². The Morgan fingerprint density at radius 3 is 2.24 bits per heavy atom. The molecule has 0 aliphatic carbocycles. The lowest BCUT2D eigenvalue weighted by atomic mass is 10.2. The van der Waals surface area contributed by atoms with Gasteiger partial charge in [0.05, 0.1) is 5.75 Å². The molecule has 1 aromatic carbocycles. The Labute approximate surface area is 147 Å². The van der Waals surface area contributed by atoms with Crippen LogP contribution in [-0.4, -0.2) is 30.3 Å². The number of amides is 1. The fourth-order valence-corrected chi connectivity index (χ4v) is 2.58. The van der Waals surface area contributed by atoms with Gasteiger partial charge in [0, 0.05) is 17.2 Å². The predicted octanol–water partition coefficient (Wildman–Crippen LogP) is 2.45. The molecule has 0 saturated carbocycles. The topological polar surface area (TPSA) is 114 Å². The molecule has 0 fully saturated rings. The lowest BCUT2D eigenvalue weighted by molar-refractivity contribution is 0.0934. The van der Waals surface area contributed by atoms with Gasteiger partial charge in [-0.25, -0.2) is 8.42 Å². The number of carbonyl (C=O) groups is 1. The zero-order valence-corrected chi connectivity index (χ0v) is 15.4. The monoisotopic (exact) mass is 366 g/mol. The van der Waals surface area contributed by atoms with E-state index >= 15 is 0 Å². The van der Waals surface area contributed by atoms with Crippen molar-refractivity contribution in [1.82, 2.24) is 15.5 Å². The zero-order chi connectivity index (χ0) is 18.6. The van der Waals surface area contributed by atoms with E-state index in [-0.39, 0.29) is 17.6 Å². The van der Waals surface area contributed by atoms with Crippen LogP contribution in [0, 0.1) is 0 Å². The Morgan fingerprint density at radius 2 is 1.72 bits per heavy atom. The number of nitrogens with zero attached hydrogens (tertiary/aromatic N) is 2. The molecule has 1 heterocycles. The maximum absolute atomic E-state index is 12.3. The number of aromatic nitrogens is 2. The third-order valence-electron chi connectivity index (χ3n) is 3.47. The molecule has 0 aliphatic heterocycles. The van der Waals surface area contributed by atoms with Crippen LogP contribution in [0.2, 0.25) is 0 Å². The number of anilines is 1. The number of hydrogen-bond acceptors (Lipinski definition) is 6. The third kappa shape index (κ3) is 5.02. The highest BCUT2D eigenvalue weighted by Gasteiger charge is 2.18. The minimum Gasteiger partial charge on any atom is -0.423 e. The SMILES string of the molecule is CCS(=O)(=O)Nc1ccc(C(=O)N[C@H](C)c2nnc(C(C)C)o2)cc1. The van der Waals surface area contributed by atoms with E-state index in [1.54, 1.807) is 26.0 Å². The number of hydrogen-bond donors (Lipinski definition) is 2. The van der Waals surface area contributed by atoms with Gasteiger partial charge in [-0.15, -0.1) is 10.2 Å². The summed E-state index contributed by atoms with van der Waals surface area (Å²) in [5, 5.41) is 10.6. The summed E-state index contributed by atoms with van der Waals surface area (Å²) in [7, 11) is -3.34. The maximum atomic E-state index is 12.3. The van der Waals surface area contributed by atoms with Crippen LogP contribution < -0.4 is 10.0 Å². The van der Waals surface area contributed by atoms with Crippen LogP contribution in [0.4, 0.5) is 5.69 Å². The van der Waals surface area contributed by atoms with Gasteiger partial charge < -0.3 is 9.73 Å². The van der Waals surface area contributed by atoms with Gasteiger partial charge in [0.15, 0.2) is 0 Å². The molecular weight excluding hydrogens is 344 g/mol. The van der Waals surface area contributed by atoms with E-state index < -0.39 is 16.1 Å². The van der Waals surface area contributed by atoms with Crippen molar-refractivity contribution in [2.45, 2.75) is 39.7 Å². The van der Waals surface area contributed by atoms with Gasteiger partial charge in [-0.2, -0.15) is 0 Å². The van der Waals surface area contributed by atoms with Gasteiger partial charge in [0.1, 0.15) is 6.04 Å². The second kappa shape index (κ2) is 7.64. The Kier molecular flexibility index (Phi) is 5.78. The fraction of sp³-hybridized carbons (Fsp3) is 0.438. The van der Waals surface area contributed by atoms with Crippen LogP contribution in [0.3, 0.4) is 0 Å². The van der Waals surface area contributed by atoms with Crippen molar-refractivity contribution in [3.05, 3.63) is 41.6 Å². The summed E-state index contributed by atoms with van der Waals surface area (Å²) in [5.74, 6) is 0.633. The van der Waals surface area contributed by atoms with E-state index in [4.69, 9.17) is 4.42 Å². The fourth-order valence-electron chi connectivity index (χ4n) is 1.94.